The van der Waals surface area contributed by atoms with Crippen LogP contribution in [0.15, 0.2) is 60.7 Å². The maximum Gasteiger partial charge on any atom is 0.302 e. The second-order valence-electron chi connectivity index (χ2n) is 5.24. The largest absolute Gasteiger partial charge is 0.497 e. The SMILES string of the molecule is COc1cccc(/C(=C/COCc2ccccc2)COC(C)=O)c1. The molecule has 4 heteroatoms. The maximum absolute atomic E-state index is 11.1. The van der Waals surface area contributed by atoms with Crippen LogP contribution in [0.5, 0.6) is 5.75 Å². The molecule has 0 fully saturated rings. The summed E-state index contributed by atoms with van der Waals surface area (Å²) in [6, 6.07) is 17.6. The van der Waals surface area contributed by atoms with Gasteiger partial charge < -0.3 is 14.2 Å². The zero-order valence-electron chi connectivity index (χ0n) is 14.0. The highest BCUT2D eigenvalue weighted by molar-refractivity contribution is 5.72. The summed E-state index contributed by atoms with van der Waals surface area (Å²) in [7, 11) is 1.62. The van der Waals surface area contributed by atoms with E-state index in [-0.39, 0.29) is 12.6 Å². The molecule has 0 unspecified atom stereocenters. The summed E-state index contributed by atoms with van der Waals surface area (Å²) in [6.07, 6.45) is 1.93. The van der Waals surface area contributed by atoms with Crippen LogP contribution in [0.2, 0.25) is 0 Å². The van der Waals surface area contributed by atoms with Crippen LogP contribution in [0.1, 0.15) is 18.1 Å². The van der Waals surface area contributed by atoms with Crippen LogP contribution in [0.3, 0.4) is 0 Å². The number of carbonyl (C=O) groups is 1. The second-order valence-corrected chi connectivity index (χ2v) is 5.24. The summed E-state index contributed by atoms with van der Waals surface area (Å²) >= 11 is 0. The van der Waals surface area contributed by atoms with E-state index in [9.17, 15) is 4.79 Å². The molecule has 2 rings (SSSR count). The second kappa shape index (κ2) is 9.53. The molecule has 0 atom stereocenters. The Morgan fingerprint density at radius 1 is 1.08 bits per heavy atom. The number of benzene rings is 2. The van der Waals surface area contributed by atoms with Gasteiger partial charge in [-0.15, -0.1) is 0 Å². The van der Waals surface area contributed by atoms with Crippen LogP contribution < -0.4 is 4.74 Å². The molecule has 2 aromatic rings. The molecule has 0 aliphatic heterocycles. The topological polar surface area (TPSA) is 44.8 Å². The standard InChI is InChI=1S/C20H22O4/c1-16(21)24-15-19(18-9-6-10-20(13-18)22-2)11-12-23-14-17-7-4-3-5-8-17/h3-11,13H,12,14-15H2,1-2H3/b19-11+. The zero-order chi connectivity index (χ0) is 17.2. The summed E-state index contributed by atoms with van der Waals surface area (Å²) < 4.78 is 16.1. The quantitative estimate of drug-likeness (QED) is 0.546. The molecule has 0 bridgehead atoms. The van der Waals surface area contributed by atoms with Crippen molar-refractivity contribution in [3.8, 4) is 5.75 Å². The molecule has 0 saturated carbocycles. The summed E-state index contributed by atoms with van der Waals surface area (Å²) in [5, 5.41) is 0. The number of hydrogen-bond acceptors (Lipinski definition) is 4. The molecule has 126 valence electrons. The minimum Gasteiger partial charge on any atom is -0.497 e. The van der Waals surface area contributed by atoms with Gasteiger partial charge >= 0.3 is 5.97 Å². The molecule has 0 saturated heterocycles. The number of esters is 1. The van der Waals surface area contributed by atoms with Gasteiger partial charge in [0.1, 0.15) is 12.4 Å². The molecule has 2 aromatic carbocycles. The van der Waals surface area contributed by atoms with Crippen molar-refractivity contribution in [1.29, 1.82) is 0 Å². The molecule has 0 aromatic heterocycles. The normalized spacial score (nSPS) is 11.2. The Bertz CT molecular complexity index is 677. The van der Waals surface area contributed by atoms with Crippen molar-refractivity contribution in [1.82, 2.24) is 0 Å². The van der Waals surface area contributed by atoms with Gasteiger partial charge in [0.2, 0.25) is 0 Å². The van der Waals surface area contributed by atoms with Crippen LogP contribution in [0, 0.1) is 0 Å². The van der Waals surface area contributed by atoms with Crippen LogP contribution in [-0.4, -0.2) is 26.3 Å². The van der Waals surface area contributed by atoms with Crippen molar-refractivity contribution in [3.63, 3.8) is 0 Å². The lowest BCUT2D eigenvalue weighted by Gasteiger charge is -2.10. The molecule has 0 radical (unpaired) electrons. The van der Waals surface area contributed by atoms with E-state index in [4.69, 9.17) is 14.2 Å². The third-order valence-corrected chi connectivity index (χ3v) is 3.43. The van der Waals surface area contributed by atoms with Gasteiger partial charge in [-0.1, -0.05) is 48.5 Å². The fourth-order valence-corrected chi connectivity index (χ4v) is 2.17. The Morgan fingerprint density at radius 2 is 1.88 bits per heavy atom. The Labute approximate surface area is 142 Å². The molecule has 0 aliphatic rings. The molecule has 24 heavy (non-hydrogen) atoms. The molecular formula is C20H22O4. The van der Waals surface area contributed by atoms with Gasteiger partial charge in [-0.25, -0.2) is 0 Å². The Kier molecular flexibility index (Phi) is 7.05. The van der Waals surface area contributed by atoms with Gasteiger partial charge in [0.05, 0.1) is 20.3 Å². The van der Waals surface area contributed by atoms with Gasteiger partial charge in [0, 0.05) is 6.92 Å². The van der Waals surface area contributed by atoms with E-state index in [0.29, 0.717) is 13.2 Å². The van der Waals surface area contributed by atoms with Crippen molar-refractivity contribution in [2.45, 2.75) is 13.5 Å². The van der Waals surface area contributed by atoms with Crippen LogP contribution in [-0.2, 0) is 20.9 Å². The van der Waals surface area contributed by atoms with E-state index in [1.54, 1.807) is 7.11 Å². The number of hydrogen-bond donors (Lipinski definition) is 0. The minimum atomic E-state index is -0.311. The van der Waals surface area contributed by atoms with E-state index in [0.717, 1.165) is 22.4 Å². The molecular weight excluding hydrogens is 304 g/mol. The van der Waals surface area contributed by atoms with E-state index >= 15 is 0 Å². The summed E-state index contributed by atoms with van der Waals surface area (Å²) in [5.41, 5.74) is 2.95. The lowest BCUT2D eigenvalue weighted by molar-refractivity contribution is -0.139. The van der Waals surface area contributed by atoms with Crippen molar-refractivity contribution < 1.29 is 19.0 Å². The Balaban J connectivity index is 2.02. The van der Waals surface area contributed by atoms with Gasteiger partial charge in [0.15, 0.2) is 0 Å². The van der Waals surface area contributed by atoms with Crippen LogP contribution in [0.25, 0.3) is 5.57 Å². The van der Waals surface area contributed by atoms with E-state index in [1.807, 2.05) is 60.7 Å². The van der Waals surface area contributed by atoms with Gasteiger partial charge in [-0.05, 0) is 28.8 Å². The molecule has 0 aliphatic carbocycles. The number of methoxy groups -OCH3 is 1. The highest BCUT2D eigenvalue weighted by Crippen LogP contribution is 2.20. The first-order valence-electron chi connectivity index (χ1n) is 7.77. The van der Waals surface area contributed by atoms with Crippen molar-refractivity contribution in [2.75, 3.05) is 20.3 Å². The van der Waals surface area contributed by atoms with Gasteiger partial charge in [-0.3, -0.25) is 4.79 Å². The fourth-order valence-electron chi connectivity index (χ4n) is 2.17. The predicted molar refractivity (Wildman–Crippen MR) is 93.7 cm³/mol. The fraction of sp³-hybridized carbons (Fsp3) is 0.250. The third kappa shape index (κ3) is 5.89. The van der Waals surface area contributed by atoms with Gasteiger partial charge in [-0.2, -0.15) is 0 Å². The summed E-state index contributed by atoms with van der Waals surface area (Å²) in [6.45, 7) is 2.57. The molecule has 0 spiro atoms. The zero-order valence-corrected chi connectivity index (χ0v) is 14.0. The highest BCUT2D eigenvalue weighted by Gasteiger charge is 2.05. The minimum absolute atomic E-state index is 0.206. The first-order chi connectivity index (χ1) is 11.7. The molecule has 0 heterocycles. The van der Waals surface area contributed by atoms with Crippen molar-refractivity contribution >= 4 is 11.5 Å². The average molecular weight is 326 g/mol. The molecule has 4 nitrogen and oxygen atoms in total. The smallest absolute Gasteiger partial charge is 0.302 e. The Morgan fingerprint density at radius 3 is 2.58 bits per heavy atom. The predicted octanol–water partition coefficient (Wildman–Crippen LogP) is 3.86. The lowest BCUT2D eigenvalue weighted by atomic mass is 10.1. The monoisotopic (exact) mass is 326 g/mol. The first-order valence-corrected chi connectivity index (χ1v) is 7.77. The van der Waals surface area contributed by atoms with E-state index in [1.165, 1.54) is 6.92 Å². The molecule has 0 N–H and O–H groups in total. The Hall–Kier alpha value is -2.59. The van der Waals surface area contributed by atoms with Crippen molar-refractivity contribution in [3.05, 3.63) is 71.8 Å². The van der Waals surface area contributed by atoms with E-state index < -0.39 is 0 Å². The average Bonchev–Trinajstić information content (AvgIpc) is 2.61. The number of carbonyl (C=O) groups excluding carboxylic acids is 1. The van der Waals surface area contributed by atoms with Crippen LogP contribution >= 0.6 is 0 Å². The summed E-state index contributed by atoms with van der Waals surface area (Å²) in [4.78, 5) is 11.1. The highest BCUT2D eigenvalue weighted by atomic mass is 16.5. The molecule has 0 amide bonds. The van der Waals surface area contributed by atoms with Crippen LogP contribution in [0.4, 0.5) is 0 Å². The number of rotatable bonds is 8. The lowest BCUT2D eigenvalue weighted by Crippen LogP contribution is -2.04. The van der Waals surface area contributed by atoms with Gasteiger partial charge in [0.25, 0.3) is 0 Å². The maximum atomic E-state index is 11.1. The first kappa shape index (κ1) is 17.8. The third-order valence-electron chi connectivity index (χ3n) is 3.43. The summed E-state index contributed by atoms with van der Waals surface area (Å²) in [5.74, 6) is 0.445. The van der Waals surface area contributed by atoms with E-state index in [2.05, 4.69) is 0 Å². The van der Waals surface area contributed by atoms with Crippen molar-refractivity contribution in [2.24, 2.45) is 0 Å². The number of ether oxygens (including phenoxy) is 3.